The minimum Gasteiger partial charge on any atom is -0.369 e. The number of halogens is 3. The number of methoxy groups -OCH3 is 1. The van der Waals surface area contributed by atoms with Crippen LogP contribution in [0, 0.1) is 0 Å². The molecular weight excluding hydrogens is 261 g/mol. The van der Waals surface area contributed by atoms with Crippen molar-refractivity contribution >= 4 is 5.91 Å². The molecule has 1 aliphatic heterocycles. The second-order valence-electron chi connectivity index (χ2n) is 5.24. The fraction of sp³-hybridized carbons (Fsp3) is 0.917. The molecule has 0 bridgehead atoms. The summed E-state index contributed by atoms with van der Waals surface area (Å²) >= 11 is 0. The number of carbonyl (C=O) groups is 1. The van der Waals surface area contributed by atoms with Crippen LogP contribution in [0.3, 0.4) is 0 Å². The highest BCUT2D eigenvalue weighted by atomic mass is 19.4. The molecule has 1 N–H and O–H groups in total. The van der Waals surface area contributed by atoms with E-state index in [1.165, 1.54) is 21.0 Å². The van der Waals surface area contributed by atoms with Crippen LogP contribution in [0.25, 0.3) is 0 Å². The van der Waals surface area contributed by atoms with Crippen molar-refractivity contribution in [2.45, 2.75) is 44.5 Å². The number of amides is 1. The lowest BCUT2D eigenvalue weighted by Gasteiger charge is -2.39. The Labute approximate surface area is 111 Å². The van der Waals surface area contributed by atoms with Crippen LogP contribution in [-0.2, 0) is 9.53 Å². The van der Waals surface area contributed by atoms with Gasteiger partial charge in [-0.1, -0.05) is 0 Å². The summed E-state index contributed by atoms with van der Waals surface area (Å²) in [6, 6.07) is -0.384. The van der Waals surface area contributed by atoms with E-state index in [4.69, 9.17) is 4.74 Å². The van der Waals surface area contributed by atoms with Gasteiger partial charge in [-0.3, -0.25) is 4.79 Å². The molecule has 1 rings (SSSR count). The Kier molecular flexibility index (Phi) is 5.20. The number of ether oxygens (including phenoxy) is 1. The molecule has 1 heterocycles. The number of nitrogens with one attached hydrogen (secondary N) is 1. The highest BCUT2D eigenvalue weighted by Gasteiger charge is 2.41. The molecule has 112 valence electrons. The zero-order valence-corrected chi connectivity index (χ0v) is 11.5. The maximum Gasteiger partial charge on any atom is 0.406 e. The third kappa shape index (κ3) is 4.65. The third-order valence-electron chi connectivity index (χ3n) is 3.39. The van der Waals surface area contributed by atoms with E-state index in [0.717, 1.165) is 4.90 Å². The Morgan fingerprint density at radius 2 is 1.84 bits per heavy atom. The molecule has 0 unspecified atom stereocenters. The van der Waals surface area contributed by atoms with Crippen LogP contribution in [0.2, 0.25) is 0 Å². The predicted molar refractivity (Wildman–Crippen MR) is 64.7 cm³/mol. The number of hydrogen-bond donors (Lipinski definition) is 1. The number of alkyl halides is 3. The van der Waals surface area contributed by atoms with Crippen molar-refractivity contribution in [1.82, 2.24) is 10.2 Å². The average molecular weight is 282 g/mol. The number of nitrogens with zero attached hydrogens (tertiary/aromatic N) is 1. The van der Waals surface area contributed by atoms with Crippen LogP contribution in [0.5, 0.6) is 0 Å². The van der Waals surface area contributed by atoms with Crippen LogP contribution in [0.4, 0.5) is 13.2 Å². The van der Waals surface area contributed by atoms with Crippen molar-refractivity contribution in [2.24, 2.45) is 0 Å². The van der Waals surface area contributed by atoms with Crippen LogP contribution in [0.1, 0.15) is 26.7 Å². The van der Waals surface area contributed by atoms with Gasteiger partial charge in [0.15, 0.2) is 0 Å². The van der Waals surface area contributed by atoms with Crippen LogP contribution >= 0.6 is 0 Å². The maximum absolute atomic E-state index is 12.7. The van der Waals surface area contributed by atoms with Gasteiger partial charge in [0, 0.05) is 13.2 Å². The normalized spacial score (nSPS) is 18.4. The van der Waals surface area contributed by atoms with Gasteiger partial charge < -0.3 is 15.0 Å². The zero-order valence-electron chi connectivity index (χ0n) is 11.5. The van der Waals surface area contributed by atoms with Gasteiger partial charge in [-0.15, -0.1) is 0 Å². The molecule has 0 aromatic carbocycles. The van der Waals surface area contributed by atoms with Crippen molar-refractivity contribution in [2.75, 3.05) is 26.7 Å². The fourth-order valence-electron chi connectivity index (χ4n) is 2.11. The quantitative estimate of drug-likeness (QED) is 0.850. The van der Waals surface area contributed by atoms with Crippen LogP contribution in [-0.4, -0.2) is 55.4 Å². The van der Waals surface area contributed by atoms with E-state index >= 15 is 0 Å². The molecule has 4 nitrogen and oxygen atoms in total. The summed E-state index contributed by atoms with van der Waals surface area (Å²) in [7, 11) is 1.33. The van der Waals surface area contributed by atoms with Gasteiger partial charge in [-0.2, -0.15) is 13.2 Å². The molecule has 1 amide bonds. The van der Waals surface area contributed by atoms with Crippen LogP contribution < -0.4 is 5.32 Å². The molecule has 1 aliphatic rings. The standard InChI is InChI=1S/C12H21F3N2O2/c1-11(2,19-3)10(18)17(8-12(13,14)15)9-4-6-16-7-5-9/h9,16H,4-8H2,1-3H3. The van der Waals surface area contributed by atoms with Gasteiger partial charge in [0.05, 0.1) is 0 Å². The Balaban J connectivity index is 2.88. The monoisotopic (exact) mass is 282 g/mol. The predicted octanol–water partition coefficient (Wildman–Crippen LogP) is 1.55. The minimum absolute atomic E-state index is 0.384. The van der Waals surface area contributed by atoms with E-state index in [0.29, 0.717) is 25.9 Å². The van der Waals surface area contributed by atoms with E-state index in [1.807, 2.05) is 0 Å². The summed E-state index contributed by atoms with van der Waals surface area (Å²) in [6.45, 7) is 3.00. The smallest absolute Gasteiger partial charge is 0.369 e. The van der Waals surface area contributed by atoms with Crippen molar-refractivity contribution in [3.8, 4) is 0 Å². The topological polar surface area (TPSA) is 41.6 Å². The van der Waals surface area contributed by atoms with E-state index in [1.54, 1.807) is 0 Å². The lowest BCUT2D eigenvalue weighted by molar-refractivity contribution is -0.178. The second kappa shape index (κ2) is 6.09. The first-order chi connectivity index (χ1) is 8.67. The zero-order chi connectivity index (χ0) is 14.7. The molecule has 0 radical (unpaired) electrons. The number of piperidine rings is 1. The Morgan fingerprint density at radius 1 is 1.32 bits per heavy atom. The average Bonchev–Trinajstić information content (AvgIpc) is 2.35. The lowest BCUT2D eigenvalue weighted by Crippen LogP contribution is -2.55. The van der Waals surface area contributed by atoms with Gasteiger partial charge in [0.1, 0.15) is 12.1 Å². The molecule has 0 aromatic rings. The van der Waals surface area contributed by atoms with Crippen LogP contribution in [0.15, 0.2) is 0 Å². The molecule has 0 saturated carbocycles. The van der Waals surface area contributed by atoms with Crippen molar-refractivity contribution in [3.63, 3.8) is 0 Å². The summed E-state index contributed by atoms with van der Waals surface area (Å²) in [5.74, 6) is -0.612. The molecular formula is C12H21F3N2O2. The Morgan fingerprint density at radius 3 is 2.26 bits per heavy atom. The Hall–Kier alpha value is -0.820. The molecule has 1 fully saturated rings. The summed E-state index contributed by atoms with van der Waals surface area (Å²) in [5, 5.41) is 3.07. The van der Waals surface area contributed by atoms with Crippen molar-refractivity contribution < 1.29 is 22.7 Å². The van der Waals surface area contributed by atoms with Gasteiger partial charge in [0.25, 0.3) is 5.91 Å². The number of hydrogen-bond acceptors (Lipinski definition) is 3. The molecule has 0 aromatic heterocycles. The summed E-state index contributed by atoms with van der Waals surface area (Å²) < 4.78 is 43.0. The molecule has 0 spiro atoms. The van der Waals surface area contributed by atoms with Gasteiger partial charge >= 0.3 is 6.18 Å². The van der Waals surface area contributed by atoms with E-state index < -0.39 is 24.2 Å². The highest BCUT2D eigenvalue weighted by molar-refractivity contribution is 5.84. The number of carbonyl (C=O) groups excluding carboxylic acids is 1. The van der Waals surface area contributed by atoms with Gasteiger partial charge in [-0.05, 0) is 39.8 Å². The first-order valence-corrected chi connectivity index (χ1v) is 6.31. The molecule has 7 heteroatoms. The number of rotatable bonds is 4. The largest absolute Gasteiger partial charge is 0.406 e. The Bertz CT molecular complexity index is 313. The molecule has 0 aliphatic carbocycles. The maximum atomic E-state index is 12.7. The SMILES string of the molecule is COC(C)(C)C(=O)N(CC(F)(F)F)C1CCNCC1. The summed E-state index contributed by atoms with van der Waals surface area (Å²) in [4.78, 5) is 13.2. The lowest BCUT2D eigenvalue weighted by atomic mass is 10.0. The molecule has 19 heavy (non-hydrogen) atoms. The third-order valence-corrected chi connectivity index (χ3v) is 3.39. The molecule has 0 atom stereocenters. The minimum atomic E-state index is -4.40. The van der Waals surface area contributed by atoms with Crippen molar-refractivity contribution in [1.29, 1.82) is 0 Å². The van der Waals surface area contributed by atoms with E-state index in [2.05, 4.69) is 5.32 Å². The van der Waals surface area contributed by atoms with E-state index in [9.17, 15) is 18.0 Å². The fourth-order valence-corrected chi connectivity index (χ4v) is 2.11. The van der Waals surface area contributed by atoms with Gasteiger partial charge in [-0.25, -0.2) is 0 Å². The van der Waals surface area contributed by atoms with Gasteiger partial charge in [0.2, 0.25) is 0 Å². The molecule has 1 saturated heterocycles. The van der Waals surface area contributed by atoms with Crippen molar-refractivity contribution in [3.05, 3.63) is 0 Å². The summed E-state index contributed by atoms with van der Waals surface area (Å²) in [5.41, 5.74) is -1.24. The first-order valence-electron chi connectivity index (χ1n) is 6.31. The second-order valence-corrected chi connectivity index (χ2v) is 5.24. The summed E-state index contributed by atoms with van der Waals surface area (Å²) in [6.07, 6.45) is -3.34. The highest BCUT2D eigenvalue weighted by Crippen LogP contribution is 2.25. The first kappa shape index (κ1) is 16.2. The van der Waals surface area contributed by atoms with E-state index in [-0.39, 0.29) is 6.04 Å².